The largest absolute Gasteiger partial charge is 0.465 e. The van der Waals surface area contributed by atoms with Crippen LogP contribution >= 0.6 is 0 Å². The first-order valence-electron chi connectivity index (χ1n) is 7.97. The Hall–Kier alpha value is -1.14. The van der Waals surface area contributed by atoms with Crippen LogP contribution in [0, 0.1) is 16.7 Å². The zero-order valence-electron chi connectivity index (χ0n) is 15.4. The van der Waals surface area contributed by atoms with Gasteiger partial charge in [-0.3, -0.25) is 9.59 Å². The molecule has 0 spiro atoms. The Labute approximate surface area is 139 Å². The number of carbonyl (C=O) groups excluding carboxylic acids is 2. The Morgan fingerprint density at radius 1 is 0.870 bits per heavy atom. The molecule has 0 saturated carbocycles. The number of esters is 2. The molecule has 0 aliphatic heterocycles. The highest BCUT2D eigenvalue weighted by molar-refractivity contribution is 5.75. The van der Waals surface area contributed by atoms with Gasteiger partial charge < -0.3 is 19.7 Å². The molecule has 2 N–H and O–H groups in total. The molecule has 3 atom stereocenters. The summed E-state index contributed by atoms with van der Waals surface area (Å²) in [7, 11) is 0. The molecular weight excluding hydrogens is 300 g/mol. The van der Waals surface area contributed by atoms with Gasteiger partial charge in [-0.25, -0.2) is 0 Å². The fraction of sp³-hybridized carbons (Fsp3) is 0.882. The summed E-state index contributed by atoms with van der Waals surface area (Å²) in [4.78, 5) is 23.3. The number of ether oxygens (including phenoxy) is 2. The molecule has 0 fully saturated rings. The van der Waals surface area contributed by atoms with Gasteiger partial charge in [0.1, 0.15) is 6.61 Å². The van der Waals surface area contributed by atoms with Crippen molar-refractivity contribution < 1.29 is 29.3 Å². The van der Waals surface area contributed by atoms with Crippen LogP contribution < -0.4 is 0 Å². The molecule has 6 nitrogen and oxygen atoms in total. The molecule has 0 aromatic carbocycles. The molecule has 0 bridgehead atoms. The Morgan fingerprint density at radius 2 is 1.30 bits per heavy atom. The van der Waals surface area contributed by atoms with Crippen LogP contribution in [0.4, 0.5) is 0 Å². The van der Waals surface area contributed by atoms with E-state index in [2.05, 4.69) is 0 Å². The summed E-state index contributed by atoms with van der Waals surface area (Å²) in [5, 5.41) is 20.0. The number of aliphatic hydroxyl groups is 2. The smallest absolute Gasteiger partial charge is 0.311 e. The molecular formula is C17H32O6. The van der Waals surface area contributed by atoms with Gasteiger partial charge in [0.05, 0.1) is 29.6 Å². The van der Waals surface area contributed by atoms with Crippen LogP contribution in [0.5, 0.6) is 0 Å². The second-order valence-corrected chi connectivity index (χ2v) is 8.02. The highest BCUT2D eigenvalue weighted by Crippen LogP contribution is 2.19. The van der Waals surface area contributed by atoms with Crippen molar-refractivity contribution in [3.8, 4) is 0 Å². The van der Waals surface area contributed by atoms with Crippen molar-refractivity contribution in [2.45, 2.75) is 67.1 Å². The van der Waals surface area contributed by atoms with Gasteiger partial charge in [0.15, 0.2) is 0 Å². The summed E-state index contributed by atoms with van der Waals surface area (Å²) in [5.74, 6) is -1.24. The first-order valence-corrected chi connectivity index (χ1v) is 7.97. The van der Waals surface area contributed by atoms with E-state index in [0.29, 0.717) is 0 Å². The van der Waals surface area contributed by atoms with Crippen molar-refractivity contribution in [3.63, 3.8) is 0 Å². The lowest BCUT2D eigenvalue weighted by Crippen LogP contribution is -2.36. The second-order valence-electron chi connectivity index (χ2n) is 8.02. The minimum absolute atomic E-state index is 0.0795. The molecule has 0 rings (SSSR count). The predicted octanol–water partition coefficient (Wildman–Crippen LogP) is 1.91. The Kier molecular flexibility index (Phi) is 8.21. The van der Waals surface area contributed by atoms with E-state index < -0.39 is 34.9 Å². The summed E-state index contributed by atoms with van der Waals surface area (Å²) < 4.78 is 10.1. The fourth-order valence-electron chi connectivity index (χ4n) is 1.54. The molecule has 0 aliphatic carbocycles. The lowest BCUT2D eigenvalue weighted by Gasteiger charge is -2.25. The highest BCUT2D eigenvalue weighted by atomic mass is 16.5. The predicted molar refractivity (Wildman–Crippen MR) is 86.6 cm³/mol. The first kappa shape index (κ1) is 21.9. The Morgan fingerprint density at radius 3 is 1.74 bits per heavy atom. The Balaban J connectivity index is 4.20. The Bertz CT molecular complexity index is 391. The molecule has 6 heteroatoms. The molecule has 0 aromatic rings. The van der Waals surface area contributed by atoms with Crippen molar-refractivity contribution in [2.24, 2.45) is 16.7 Å². The standard InChI is InChI=1S/C17H32O6/c1-11(13(19)10-23-15(21)17(5,6)7)12(18)8-9-22-14(20)16(2,3)4/h11-13,18-19H,8-10H2,1-7H3/t11-,12-,13-/m0/s1. The van der Waals surface area contributed by atoms with Gasteiger partial charge in [0.2, 0.25) is 0 Å². The molecule has 23 heavy (non-hydrogen) atoms. The van der Waals surface area contributed by atoms with E-state index in [1.807, 2.05) is 0 Å². The zero-order chi connectivity index (χ0) is 18.4. The average Bonchev–Trinajstić information content (AvgIpc) is 2.40. The minimum atomic E-state index is -0.977. The number of carbonyl (C=O) groups is 2. The van der Waals surface area contributed by atoms with E-state index in [1.54, 1.807) is 48.5 Å². The lowest BCUT2D eigenvalue weighted by molar-refractivity contribution is -0.159. The average molecular weight is 332 g/mol. The van der Waals surface area contributed by atoms with Gasteiger partial charge in [0.25, 0.3) is 0 Å². The first-order chi connectivity index (χ1) is 10.3. The van der Waals surface area contributed by atoms with Crippen molar-refractivity contribution in [2.75, 3.05) is 13.2 Å². The van der Waals surface area contributed by atoms with E-state index in [0.717, 1.165) is 0 Å². The highest BCUT2D eigenvalue weighted by Gasteiger charge is 2.28. The van der Waals surface area contributed by atoms with Gasteiger partial charge in [-0.2, -0.15) is 0 Å². The third-order valence-electron chi connectivity index (χ3n) is 3.47. The van der Waals surface area contributed by atoms with Gasteiger partial charge in [-0.15, -0.1) is 0 Å². The van der Waals surface area contributed by atoms with E-state index in [4.69, 9.17) is 9.47 Å². The van der Waals surface area contributed by atoms with Crippen molar-refractivity contribution in [1.82, 2.24) is 0 Å². The van der Waals surface area contributed by atoms with E-state index in [9.17, 15) is 19.8 Å². The number of aliphatic hydroxyl groups excluding tert-OH is 2. The van der Waals surface area contributed by atoms with Crippen LogP contribution in [0.15, 0.2) is 0 Å². The zero-order valence-corrected chi connectivity index (χ0v) is 15.4. The topological polar surface area (TPSA) is 93.1 Å². The molecule has 0 amide bonds. The summed E-state index contributed by atoms with van der Waals surface area (Å²) in [6.07, 6.45) is -1.62. The lowest BCUT2D eigenvalue weighted by atomic mass is 9.95. The van der Waals surface area contributed by atoms with Crippen molar-refractivity contribution in [3.05, 3.63) is 0 Å². The number of hydrogen-bond donors (Lipinski definition) is 2. The van der Waals surface area contributed by atoms with E-state index in [-0.39, 0.29) is 25.6 Å². The maximum Gasteiger partial charge on any atom is 0.311 e. The number of rotatable bonds is 7. The van der Waals surface area contributed by atoms with Crippen LogP contribution in [0.3, 0.4) is 0 Å². The molecule has 0 radical (unpaired) electrons. The molecule has 136 valence electrons. The van der Waals surface area contributed by atoms with E-state index >= 15 is 0 Å². The summed E-state index contributed by atoms with van der Waals surface area (Å²) in [5.41, 5.74) is -1.22. The van der Waals surface area contributed by atoms with Crippen LogP contribution in [0.1, 0.15) is 54.9 Å². The summed E-state index contributed by atoms with van der Waals surface area (Å²) in [6, 6.07) is 0. The van der Waals surface area contributed by atoms with Gasteiger partial charge >= 0.3 is 11.9 Å². The molecule has 0 heterocycles. The molecule has 0 saturated heterocycles. The minimum Gasteiger partial charge on any atom is -0.465 e. The second kappa shape index (κ2) is 8.64. The van der Waals surface area contributed by atoms with Crippen LogP contribution in [-0.2, 0) is 19.1 Å². The van der Waals surface area contributed by atoms with Gasteiger partial charge in [-0.1, -0.05) is 6.92 Å². The fourth-order valence-corrected chi connectivity index (χ4v) is 1.54. The maximum absolute atomic E-state index is 11.6. The third kappa shape index (κ3) is 8.32. The quantitative estimate of drug-likeness (QED) is 0.692. The summed E-state index contributed by atoms with van der Waals surface area (Å²) >= 11 is 0. The van der Waals surface area contributed by atoms with Crippen LogP contribution in [-0.4, -0.2) is 47.6 Å². The normalized spacial score (nSPS) is 16.4. The van der Waals surface area contributed by atoms with E-state index in [1.165, 1.54) is 0 Å². The van der Waals surface area contributed by atoms with Crippen molar-refractivity contribution >= 4 is 11.9 Å². The number of hydrogen-bond acceptors (Lipinski definition) is 6. The van der Waals surface area contributed by atoms with Crippen molar-refractivity contribution in [1.29, 1.82) is 0 Å². The SMILES string of the molecule is C[C@@H]([C@@H](O)CCOC(=O)C(C)(C)C)[C@@H](O)COC(=O)C(C)(C)C. The molecule has 0 aromatic heterocycles. The van der Waals surface area contributed by atoms with Gasteiger partial charge in [0, 0.05) is 12.3 Å². The van der Waals surface area contributed by atoms with Gasteiger partial charge in [-0.05, 0) is 41.5 Å². The molecule has 0 unspecified atom stereocenters. The van der Waals surface area contributed by atoms with Crippen LogP contribution in [0.25, 0.3) is 0 Å². The summed E-state index contributed by atoms with van der Waals surface area (Å²) in [6.45, 7) is 12.0. The monoisotopic (exact) mass is 332 g/mol. The van der Waals surface area contributed by atoms with Crippen LogP contribution in [0.2, 0.25) is 0 Å². The molecule has 0 aliphatic rings. The third-order valence-corrected chi connectivity index (χ3v) is 3.47. The maximum atomic E-state index is 11.6.